The molecule has 2 nitrogen and oxygen atoms in total. The number of nitrogens with zero attached hydrogens (tertiary/aromatic N) is 1. The van der Waals surface area contributed by atoms with Gasteiger partial charge in [0.25, 0.3) is 0 Å². The van der Waals surface area contributed by atoms with Gasteiger partial charge in [0, 0.05) is 17.1 Å². The van der Waals surface area contributed by atoms with Crippen LogP contribution in [0.15, 0.2) is 12.1 Å². The Bertz CT molecular complexity index is 323. The highest BCUT2D eigenvalue weighted by Gasteiger charge is 2.08. The molecule has 0 saturated carbocycles. The summed E-state index contributed by atoms with van der Waals surface area (Å²) in [5.41, 5.74) is 1.80. The first-order chi connectivity index (χ1) is 6.54. The predicted octanol–water partition coefficient (Wildman–Crippen LogP) is 2.67. The SMILES string of the molecule is CCc1cc(Cl)cc(CN(C)C)c1O. The monoisotopic (exact) mass is 213 g/mol. The molecule has 1 aromatic rings. The Labute approximate surface area is 90.1 Å². The molecule has 0 radical (unpaired) electrons. The van der Waals surface area contributed by atoms with Crippen LogP contribution in [0.1, 0.15) is 18.1 Å². The lowest BCUT2D eigenvalue weighted by atomic mass is 10.1. The van der Waals surface area contributed by atoms with Crippen LogP contribution in [0.4, 0.5) is 0 Å². The van der Waals surface area contributed by atoms with Gasteiger partial charge in [-0.15, -0.1) is 0 Å². The number of hydrogen-bond acceptors (Lipinski definition) is 2. The second-order valence-electron chi connectivity index (χ2n) is 3.66. The highest BCUT2D eigenvalue weighted by Crippen LogP contribution is 2.28. The van der Waals surface area contributed by atoms with Crippen LogP contribution >= 0.6 is 11.6 Å². The molecule has 0 amide bonds. The second kappa shape index (κ2) is 4.67. The van der Waals surface area contributed by atoms with Gasteiger partial charge in [-0.25, -0.2) is 0 Å². The van der Waals surface area contributed by atoms with Crippen molar-refractivity contribution in [3.63, 3.8) is 0 Å². The zero-order chi connectivity index (χ0) is 10.7. The average molecular weight is 214 g/mol. The van der Waals surface area contributed by atoms with Gasteiger partial charge in [-0.05, 0) is 38.2 Å². The topological polar surface area (TPSA) is 23.5 Å². The number of aryl methyl sites for hydroxylation is 1. The largest absolute Gasteiger partial charge is 0.507 e. The summed E-state index contributed by atoms with van der Waals surface area (Å²) in [6, 6.07) is 3.63. The van der Waals surface area contributed by atoms with E-state index in [-0.39, 0.29) is 0 Å². The van der Waals surface area contributed by atoms with Crippen LogP contribution in [-0.2, 0) is 13.0 Å². The van der Waals surface area contributed by atoms with Crippen LogP contribution in [0.25, 0.3) is 0 Å². The molecule has 1 N–H and O–H groups in total. The van der Waals surface area contributed by atoms with E-state index in [1.165, 1.54) is 0 Å². The number of phenolic OH excluding ortho intramolecular Hbond substituents is 1. The summed E-state index contributed by atoms with van der Waals surface area (Å²) in [5.74, 6) is 0.380. The Morgan fingerprint density at radius 1 is 1.29 bits per heavy atom. The Hall–Kier alpha value is -0.730. The van der Waals surface area contributed by atoms with Gasteiger partial charge in [0.15, 0.2) is 0 Å². The normalized spacial score (nSPS) is 10.9. The van der Waals surface area contributed by atoms with Crippen LogP contribution in [0.2, 0.25) is 5.02 Å². The molecule has 3 heteroatoms. The third kappa shape index (κ3) is 2.63. The van der Waals surface area contributed by atoms with E-state index >= 15 is 0 Å². The van der Waals surface area contributed by atoms with E-state index in [9.17, 15) is 5.11 Å². The fourth-order valence-electron chi connectivity index (χ4n) is 1.45. The number of phenols is 1. The van der Waals surface area contributed by atoms with Gasteiger partial charge in [-0.1, -0.05) is 18.5 Å². The molecule has 0 aliphatic heterocycles. The van der Waals surface area contributed by atoms with Gasteiger partial charge >= 0.3 is 0 Å². The van der Waals surface area contributed by atoms with Crippen molar-refractivity contribution < 1.29 is 5.11 Å². The number of hydrogen-bond donors (Lipinski definition) is 1. The maximum Gasteiger partial charge on any atom is 0.123 e. The van der Waals surface area contributed by atoms with Crippen molar-refractivity contribution in [1.82, 2.24) is 4.90 Å². The van der Waals surface area contributed by atoms with E-state index in [2.05, 4.69) is 0 Å². The molecule has 0 saturated heterocycles. The van der Waals surface area contributed by atoms with Crippen molar-refractivity contribution in [3.8, 4) is 5.75 Å². The standard InChI is InChI=1S/C11H16ClNO/c1-4-8-5-10(12)6-9(11(8)14)7-13(2)3/h5-6,14H,4,7H2,1-3H3. The summed E-state index contributed by atoms with van der Waals surface area (Å²) in [4.78, 5) is 2.00. The Kier molecular flexibility index (Phi) is 3.78. The zero-order valence-corrected chi connectivity index (χ0v) is 9.60. The molecule has 0 heterocycles. The summed E-state index contributed by atoms with van der Waals surface area (Å²) in [5, 5.41) is 10.6. The van der Waals surface area contributed by atoms with Crippen LogP contribution in [0, 0.1) is 0 Å². The second-order valence-corrected chi connectivity index (χ2v) is 4.10. The van der Waals surface area contributed by atoms with E-state index in [1.54, 1.807) is 0 Å². The smallest absolute Gasteiger partial charge is 0.123 e. The van der Waals surface area contributed by atoms with Crippen molar-refractivity contribution in [2.24, 2.45) is 0 Å². The lowest BCUT2D eigenvalue weighted by Crippen LogP contribution is -2.11. The zero-order valence-electron chi connectivity index (χ0n) is 8.84. The molecule has 0 aliphatic rings. The molecule has 0 spiro atoms. The van der Waals surface area contributed by atoms with E-state index < -0.39 is 0 Å². The molecule has 1 aromatic carbocycles. The van der Waals surface area contributed by atoms with E-state index in [0.29, 0.717) is 17.3 Å². The minimum atomic E-state index is 0.380. The van der Waals surface area contributed by atoms with E-state index in [1.807, 2.05) is 38.1 Å². The molecule has 0 aliphatic carbocycles. The summed E-state index contributed by atoms with van der Waals surface area (Å²) in [6.45, 7) is 2.71. The lowest BCUT2D eigenvalue weighted by Gasteiger charge is -2.13. The first-order valence-corrected chi connectivity index (χ1v) is 5.07. The fourth-order valence-corrected chi connectivity index (χ4v) is 1.71. The van der Waals surface area contributed by atoms with Crippen LogP contribution < -0.4 is 0 Å². The van der Waals surface area contributed by atoms with Crippen molar-refractivity contribution >= 4 is 11.6 Å². The van der Waals surface area contributed by atoms with Crippen LogP contribution in [0.3, 0.4) is 0 Å². The average Bonchev–Trinajstić information content (AvgIpc) is 2.09. The first kappa shape index (κ1) is 11.3. The summed E-state index contributed by atoms with van der Waals surface area (Å²) >= 11 is 5.95. The number of halogens is 1. The van der Waals surface area contributed by atoms with Crippen LogP contribution in [-0.4, -0.2) is 24.1 Å². The molecule has 0 aromatic heterocycles. The molecule has 78 valence electrons. The molecule has 0 atom stereocenters. The predicted molar refractivity (Wildman–Crippen MR) is 59.9 cm³/mol. The molecular weight excluding hydrogens is 198 g/mol. The van der Waals surface area contributed by atoms with Gasteiger partial charge < -0.3 is 10.0 Å². The molecule has 0 bridgehead atoms. The van der Waals surface area contributed by atoms with Crippen molar-refractivity contribution in [1.29, 1.82) is 0 Å². The van der Waals surface area contributed by atoms with E-state index in [0.717, 1.165) is 17.5 Å². The van der Waals surface area contributed by atoms with Gasteiger partial charge in [0.2, 0.25) is 0 Å². The van der Waals surface area contributed by atoms with Crippen molar-refractivity contribution in [2.45, 2.75) is 19.9 Å². The highest BCUT2D eigenvalue weighted by molar-refractivity contribution is 6.30. The number of rotatable bonds is 3. The van der Waals surface area contributed by atoms with Crippen molar-refractivity contribution in [2.75, 3.05) is 14.1 Å². The molecule has 0 unspecified atom stereocenters. The summed E-state index contributed by atoms with van der Waals surface area (Å²) < 4.78 is 0. The van der Waals surface area contributed by atoms with Gasteiger partial charge in [-0.3, -0.25) is 0 Å². The molecule has 0 fully saturated rings. The molecular formula is C11H16ClNO. The Morgan fingerprint density at radius 3 is 2.36 bits per heavy atom. The number of aromatic hydroxyl groups is 1. The first-order valence-electron chi connectivity index (χ1n) is 4.69. The van der Waals surface area contributed by atoms with Gasteiger partial charge in [0.1, 0.15) is 5.75 Å². The van der Waals surface area contributed by atoms with Gasteiger partial charge in [0.05, 0.1) is 0 Å². The Balaban J connectivity index is 3.08. The van der Waals surface area contributed by atoms with Crippen LogP contribution in [0.5, 0.6) is 5.75 Å². The number of benzene rings is 1. The van der Waals surface area contributed by atoms with Gasteiger partial charge in [-0.2, -0.15) is 0 Å². The van der Waals surface area contributed by atoms with E-state index in [4.69, 9.17) is 11.6 Å². The fraction of sp³-hybridized carbons (Fsp3) is 0.455. The highest BCUT2D eigenvalue weighted by atomic mass is 35.5. The third-order valence-corrected chi connectivity index (χ3v) is 2.32. The molecule has 14 heavy (non-hydrogen) atoms. The minimum absolute atomic E-state index is 0.380. The lowest BCUT2D eigenvalue weighted by molar-refractivity contribution is 0.384. The maximum atomic E-state index is 9.88. The summed E-state index contributed by atoms with van der Waals surface area (Å²) in [6.07, 6.45) is 0.798. The quantitative estimate of drug-likeness (QED) is 0.835. The maximum absolute atomic E-state index is 9.88. The Morgan fingerprint density at radius 2 is 1.86 bits per heavy atom. The summed E-state index contributed by atoms with van der Waals surface area (Å²) in [7, 11) is 3.93. The van der Waals surface area contributed by atoms with Crippen molar-refractivity contribution in [3.05, 3.63) is 28.3 Å². The molecule has 1 rings (SSSR count). The third-order valence-electron chi connectivity index (χ3n) is 2.10. The minimum Gasteiger partial charge on any atom is -0.507 e.